The lowest BCUT2D eigenvalue weighted by molar-refractivity contribution is -0.122. The van der Waals surface area contributed by atoms with Crippen molar-refractivity contribution in [3.05, 3.63) is 60.7 Å². The van der Waals surface area contributed by atoms with E-state index in [1.165, 1.54) is 0 Å². The molecule has 2 amide bonds. The summed E-state index contributed by atoms with van der Waals surface area (Å²) < 4.78 is 10.2. The van der Waals surface area contributed by atoms with Crippen molar-refractivity contribution in [1.82, 2.24) is 0 Å². The van der Waals surface area contributed by atoms with E-state index < -0.39 is 11.8 Å². The molecular weight excluding hydrogens is 332 g/mol. The van der Waals surface area contributed by atoms with Crippen molar-refractivity contribution in [2.75, 3.05) is 24.9 Å². The largest absolute Gasteiger partial charge is 0.497 e. The number of methoxy groups -OCH3 is 2. The fourth-order valence-electron chi connectivity index (χ4n) is 2.74. The zero-order valence-corrected chi connectivity index (χ0v) is 14.6. The van der Waals surface area contributed by atoms with Crippen molar-refractivity contribution >= 4 is 23.2 Å². The molecule has 26 heavy (non-hydrogen) atoms. The Morgan fingerprint density at radius 1 is 0.769 bits per heavy atom. The van der Waals surface area contributed by atoms with Gasteiger partial charge in [-0.05, 0) is 48.5 Å². The molecule has 0 spiro atoms. The fraction of sp³-hybridized carbons (Fsp3) is 0.200. The minimum absolute atomic E-state index is 0.241. The predicted octanol–water partition coefficient (Wildman–Crippen LogP) is 3.08. The highest BCUT2D eigenvalue weighted by molar-refractivity contribution is 6.08. The van der Waals surface area contributed by atoms with Gasteiger partial charge in [-0.3, -0.25) is 9.59 Å². The Morgan fingerprint density at radius 2 is 1.12 bits per heavy atom. The summed E-state index contributed by atoms with van der Waals surface area (Å²) in [5, 5.41) is 5.60. The van der Waals surface area contributed by atoms with E-state index in [0.717, 1.165) is 0 Å². The summed E-state index contributed by atoms with van der Waals surface area (Å²) >= 11 is 0. The number of carbonyl (C=O) groups excluding carboxylic acids is 2. The molecule has 0 bridgehead atoms. The van der Waals surface area contributed by atoms with Gasteiger partial charge in [0.2, 0.25) is 11.8 Å². The van der Waals surface area contributed by atoms with Crippen LogP contribution in [0.2, 0.25) is 0 Å². The maximum Gasteiger partial charge on any atom is 0.232 e. The van der Waals surface area contributed by atoms with Gasteiger partial charge in [0.1, 0.15) is 11.5 Å². The Bertz CT molecular complexity index is 758. The van der Waals surface area contributed by atoms with Crippen molar-refractivity contribution in [3.8, 4) is 11.5 Å². The smallest absolute Gasteiger partial charge is 0.232 e. The average molecular weight is 352 g/mol. The molecule has 2 aromatic carbocycles. The minimum atomic E-state index is -0.518. The Kier molecular flexibility index (Phi) is 4.93. The summed E-state index contributed by atoms with van der Waals surface area (Å²) in [7, 11) is 3.15. The van der Waals surface area contributed by atoms with Crippen molar-refractivity contribution in [2.45, 2.75) is 0 Å². The van der Waals surface area contributed by atoms with Gasteiger partial charge in [0.25, 0.3) is 0 Å². The van der Waals surface area contributed by atoms with Crippen LogP contribution >= 0.6 is 0 Å². The average Bonchev–Trinajstić information content (AvgIpc) is 3.34. The molecule has 6 heteroatoms. The second-order valence-electron chi connectivity index (χ2n) is 5.97. The summed E-state index contributed by atoms with van der Waals surface area (Å²) in [6.45, 7) is 3.85. The third-order valence-electron chi connectivity index (χ3n) is 4.30. The Labute approximate surface area is 151 Å². The van der Waals surface area contributed by atoms with E-state index in [1.807, 2.05) is 0 Å². The summed E-state index contributed by atoms with van der Waals surface area (Å²) in [6.07, 6.45) is 0. The van der Waals surface area contributed by atoms with E-state index in [0.29, 0.717) is 28.4 Å². The van der Waals surface area contributed by atoms with Gasteiger partial charge in [0, 0.05) is 11.4 Å². The SMILES string of the molecule is C=C1[C@@H](C(=O)Nc2ccc(OC)cc2)[C@@H]1C(=O)Nc1ccc(OC)cc1. The van der Waals surface area contributed by atoms with E-state index in [4.69, 9.17) is 9.47 Å². The van der Waals surface area contributed by atoms with Gasteiger partial charge in [-0.25, -0.2) is 0 Å². The number of ether oxygens (including phenoxy) is 2. The summed E-state index contributed by atoms with van der Waals surface area (Å²) in [5.74, 6) is -0.109. The van der Waals surface area contributed by atoms with Crippen molar-refractivity contribution in [1.29, 1.82) is 0 Å². The van der Waals surface area contributed by atoms with Crippen LogP contribution in [0.5, 0.6) is 11.5 Å². The summed E-state index contributed by atoms with van der Waals surface area (Å²) in [6, 6.07) is 14.0. The predicted molar refractivity (Wildman–Crippen MR) is 99.4 cm³/mol. The molecule has 0 heterocycles. The Hall–Kier alpha value is -3.28. The van der Waals surface area contributed by atoms with E-state index in [1.54, 1.807) is 62.8 Å². The Balaban J connectivity index is 1.58. The van der Waals surface area contributed by atoms with Crippen LogP contribution in [0.4, 0.5) is 11.4 Å². The van der Waals surface area contributed by atoms with Gasteiger partial charge < -0.3 is 20.1 Å². The molecule has 2 N–H and O–H groups in total. The fourth-order valence-corrected chi connectivity index (χ4v) is 2.74. The van der Waals surface area contributed by atoms with Gasteiger partial charge in [0.05, 0.1) is 26.1 Å². The molecule has 0 radical (unpaired) electrons. The maximum absolute atomic E-state index is 12.4. The van der Waals surface area contributed by atoms with Gasteiger partial charge >= 0.3 is 0 Å². The molecule has 0 unspecified atom stereocenters. The first kappa shape index (κ1) is 17.5. The normalized spacial score (nSPS) is 18.0. The first-order chi connectivity index (χ1) is 12.5. The van der Waals surface area contributed by atoms with Crippen molar-refractivity contribution < 1.29 is 19.1 Å². The molecule has 1 aliphatic rings. The second kappa shape index (κ2) is 7.31. The van der Waals surface area contributed by atoms with Crippen LogP contribution in [0.15, 0.2) is 60.7 Å². The first-order valence-corrected chi connectivity index (χ1v) is 8.12. The standard InChI is InChI=1S/C20H20N2O4/c1-12-17(19(23)21-13-4-8-15(25-2)9-5-13)18(12)20(24)22-14-6-10-16(26-3)11-7-14/h4-11,17-18H,1H2,2-3H3,(H,21,23)(H,22,24)/t17-,18-/m1/s1. The number of hydrogen-bond donors (Lipinski definition) is 2. The lowest BCUT2D eigenvalue weighted by Gasteiger charge is -2.07. The monoisotopic (exact) mass is 352 g/mol. The molecule has 1 fully saturated rings. The van der Waals surface area contributed by atoms with Crippen molar-refractivity contribution in [2.24, 2.45) is 11.8 Å². The lowest BCUT2D eigenvalue weighted by atomic mass is 10.2. The zero-order chi connectivity index (χ0) is 18.7. The first-order valence-electron chi connectivity index (χ1n) is 8.12. The van der Waals surface area contributed by atoms with Crippen LogP contribution in [0, 0.1) is 11.8 Å². The molecular formula is C20H20N2O4. The third-order valence-corrected chi connectivity index (χ3v) is 4.30. The molecule has 2 atom stereocenters. The number of nitrogens with one attached hydrogen (secondary N) is 2. The van der Waals surface area contributed by atoms with Crippen molar-refractivity contribution in [3.63, 3.8) is 0 Å². The highest BCUT2D eigenvalue weighted by Crippen LogP contribution is 2.45. The molecule has 0 saturated heterocycles. The van der Waals surface area contributed by atoms with Crippen LogP contribution < -0.4 is 20.1 Å². The molecule has 2 aromatic rings. The number of rotatable bonds is 6. The van der Waals surface area contributed by atoms with Crippen LogP contribution in [0.25, 0.3) is 0 Å². The van der Waals surface area contributed by atoms with E-state index in [2.05, 4.69) is 17.2 Å². The number of hydrogen-bond acceptors (Lipinski definition) is 4. The third kappa shape index (κ3) is 3.69. The van der Waals surface area contributed by atoms with Gasteiger partial charge in [0.15, 0.2) is 0 Å². The summed E-state index contributed by atoms with van der Waals surface area (Å²) in [5.41, 5.74) is 1.90. The molecule has 134 valence electrons. The maximum atomic E-state index is 12.4. The summed E-state index contributed by atoms with van der Waals surface area (Å²) in [4.78, 5) is 24.8. The highest BCUT2D eigenvalue weighted by Gasteiger charge is 2.52. The van der Waals surface area contributed by atoms with E-state index >= 15 is 0 Å². The molecule has 6 nitrogen and oxygen atoms in total. The van der Waals surface area contributed by atoms with Gasteiger partial charge in [-0.1, -0.05) is 12.2 Å². The molecule has 1 aliphatic carbocycles. The topological polar surface area (TPSA) is 76.7 Å². The Morgan fingerprint density at radius 3 is 1.42 bits per heavy atom. The molecule has 3 rings (SSSR count). The van der Waals surface area contributed by atoms with Crippen LogP contribution in [-0.2, 0) is 9.59 Å². The second-order valence-corrected chi connectivity index (χ2v) is 5.97. The number of benzene rings is 2. The molecule has 0 aliphatic heterocycles. The zero-order valence-electron chi connectivity index (χ0n) is 14.6. The van der Waals surface area contributed by atoms with E-state index in [-0.39, 0.29) is 11.8 Å². The molecule has 0 aromatic heterocycles. The van der Waals surface area contributed by atoms with Crippen LogP contribution in [0.1, 0.15) is 0 Å². The quantitative estimate of drug-likeness (QED) is 0.784. The highest BCUT2D eigenvalue weighted by atomic mass is 16.5. The number of carbonyl (C=O) groups is 2. The number of anilines is 2. The van der Waals surface area contributed by atoms with Crippen LogP contribution in [0.3, 0.4) is 0 Å². The lowest BCUT2D eigenvalue weighted by Crippen LogP contribution is -2.20. The number of amides is 2. The minimum Gasteiger partial charge on any atom is -0.497 e. The molecule has 1 saturated carbocycles. The van der Waals surface area contributed by atoms with E-state index in [9.17, 15) is 9.59 Å². The van der Waals surface area contributed by atoms with Gasteiger partial charge in [-0.2, -0.15) is 0 Å². The van der Waals surface area contributed by atoms with Gasteiger partial charge in [-0.15, -0.1) is 0 Å². The van der Waals surface area contributed by atoms with Crippen LogP contribution in [-0.4, -0.2) is 26.0 Å².